The molecule has 12 heteroatoms. The Hall–Kier alpha value is -4.39. The van der Waals surface area contributed by atoms with Gasteiger partial charge in [-0.15, -0.1) is 6.58 Å². The molecule has 0 spiro atoms. The molecule has 3 N–H and O–H groups in total. The normalized spacial score (nSPS) is 24.1. The molecule has 1 fully saturated rings. The van der Waals surface area contributed by atoms with E-state index < -0.39 is 29.9 Å². The van der Waals surface area contributed by atoms with Crippen LogP contribution in [0.5, 0.6) is 11.5 Å². The molecule has 0 bridgehead atoms. The van der Waals surface area contributed by atoms with Gasteiger partial charge < -0.3 is 39.3 Å². The van der Waals surface area contributed by atoms with Crippen LogP contribution in [-0.4, -0.2) is 84.4 Å². The topological polar surface area (TPSA) is 148 Å². The van der Waals surface area contributed by atoms with Crippen LogP contribution in [0.15, 0.2) is 78.0 Å². The third-order valence-corrected chi connectivity index (χ3v) is 11.1. The van der Waals surface area contributed by atoms with Crippen LogP contribution in [0.3, 0.4) is 0 Å². The highest BCUT2D eigenvalue weighted by molar-refractivity contribution is 6.03. The summed E-state index contributed by atoms with van der Waals surface area (Å²) in [5.74, 6) is -1.12. The van der Waals surface area contributed by atoms with Gasteiger partial charge in [-0.25, -0.2) is 9.59 Å². The Morgan fingerprint density at radius 3 is 2.47 bits per heavy atom. The van der Waals surface area contributed by atoms with Crippen LogP contribution in [-0.2, 0) is 20.9 Å². The number of nitrogens with zero attached hydrogens (tertiary/aromatic N) is 2. The summed E-state index contributed by atoms with van der Waals surface area (Å²) < 4.78 is 26.2. The van der Waals surface area contributed by atoms with E-state index in [1.54, 1.807) is 17.0 Å². The zero-order valence-corrected chi connectivity index (χ0v) is 35.1. The summed E-state index contributed by atoms with van der Waals surface area (Å²) in [6, 6.07) is 14.4. The summed E-state index contributed by atoms with van der Waals surface area (Å²) in [7, 11) is 0. The molecule has 2 aromatic carbocycles. The minimum Gasteiger partial charge on any atom is -0.459 e. The maximum absolute atomic E-state index is 14.3. The quantitative estimate of drug-likeness (QED) is 0.0681. The van der Waals surface area contributed by atoms with E-state index in [2.05, 4.69) is 18.0 Å². The predicted octanol–water partition coefficient (Wildman–Crippen LogP) is 8.52. The van der Waals surface area contributed by atoms with Gasteiger partial charge >= 0.3 is 12.2 Å². The van der Waals surface area contributed by atoms with E-state index >= 15 is 0 Å². The van der Waals surface area contributed by atoms with E-state index in [-0.39, 0.29) is 56.0 Å². The van der Waals surface area contributed by atoms with E-state index in [0.717, 1.165) is 42.4 Å². The Morgan fingerprint density at radius 1 is 1.05 bits per heavy atom. The number of rotatable bonds is 20. The number of benzene rings is 2. The SMILES string of the molecule is C=CCO[C@@]12Oc3ccc(OC(=O)NCc4ccccc4)cc3[C@H]3[C@H](CCCCO)[C@@H](CCCCO)C=C(C(=NOCC)C[C@@H]1N(CCC)C(=O)OCC(C)(C)C)[C@H]32. The number of oxime groups is 1. The van der Waals surface area contributed by atoms with Crippen molar-refractivity contribution in [1.29, 1.82) is 0 Å². The summed E-state index contributed by atoms with van der Waals surface area (Å²) in [4.78, 5) is 35.0. The summed E-state index contributed by atoms with van der Waals surface area (Å²) in [6.45, 7) is 15.6. The van der Waals surface area contributed by atoms with Crippen LogP contribution in [0.1, 0.15) is 103 Å². The highest BCUT2D eigenvalue weighted by Gasteiger charge is 2.65. The zero-order chi connectivity index (χ0) is 41.7. The highest BCUT2D eigenvalue weighted by atomic mass is 16.7. The molecule has 6 atom stereocenters. The second-order valence-electron chi connectivity index (χ2n) is 16.7. The van der Waals surface area contributed by atoms with Crippen molar-refractivity contribution in [2.45, 2.75) is 110 Å². The first kappa shape index (κ1) is 44.7. The molecular weight excluding hydrogens is 739 g/mol. The van der Waals surface area contributed by atoms with E-state index in [9.17, 15) is 19.8 Å². The molecule has 318 valence electrons. The smallest absolute Gasteiger partial charge is 0.412 e. The first-order chi connectivity index (χ1) is 28.0. The summed E-state index contributed by atoms with van der Waals surface area (Å²) in [6.07, 6.45) is 8.41. The fraction of sp³-hybridized carbons (Fsp3) is 0.587. The largest absolute Gasteiger partial charge is 0.459 e. The van der Waals surface area contributed by atoms with Crippen LogP contribution in [0, 0.1) is 23.2 Å². The van der Waals surface area contributed by atoms with Gasteiger partial charge in [0.2, 0.25) is 5.79 Å². The van der Waals surface area contributed by atoms with Gasteiger partial charge in [0.15, 0.2) is 0 Å². The molecule has 2 aromatic rings. The van der Waals surface area contributed by atoms with Crippen molar-refractivity contribution in [2.24, 2.45) is 28.3 Å². The number of amides is 2. The summed E-state index contributed by atoms with van der Waals surface area (Å²) in [5.41, 5.74) is 3.20. The molecule has 58 heavy (non-hydrogen) atoms. The number of carbonyl (C=O) groups is 2. The van der Waals surface area contributed by atoms with Gasteiger partial charge in [0.1, 0.15) is 24.1 Å². The van der Waals surface area contributed by atoms with Gasteiger partial charge in [0.05, 0.1) is 24.8 Å². The number of carbonyl (C=O) groups excluding carboxylic acids is 2. The molecule has 1 aliphatic heterocycles. The Balaban J connectivity index is 1.69. The van der Waals surface area contributed by atoms with E-state index in [1.165, 1.54) is 0 Å². The highest BCUT2D eigenvalue weighted by Crippen LogP contribution is 2.62. The van der Waals surface area contributed by atoms with Crippen molar-refractivity contribution in [2.75, 3.05) is 39.6 Å². The molecule has 1 heterocycles. The van der Waals surface area contributed by atoms with Gasteiger partial charge in [0, 0.05) is 44.2 Å². The lowest BCUT2D eigenvalue weighted by molar-refractivity contribution is -0.255. The lowest BCUT2D eigenvalue weighted by atomic mass is 9.55. The minimum atomic E-state index is -1.40. The average molecular weight is 804 g/mol. The monoisotopic (exact) mass is 803 g/mol. The Bertz CT molecular complexity index is 1720. The maximum Gasteiger partial charge on any atom is 0.412 e. The fourth-order valence-electron chi connectivity index (χ4n) is 8.74. The van der Waals surface area contributed by atoms with Crippen LogP contribution in [0.4, 0.5) is 9.59 Å². The molecule has 1 saturated carbocycles. The number of allylic oxidation sites excluding steroid dienone is 1. The molecule has 2 aliphatic carbocycles. The van der Waals surface area contributed by atoms with Gasteiger partial charge in [-0.3, -0.25) is 4.90 Å². The second-order valence-corrected chi connectivity index (χ2v) is 16.7. The van der Waals surface area contributed by atoms with Crippen LogP contribution in [0.25, 0.3) is 0 Å². The molecule has 2 amide bonds. The van der Waals surface area contributed by atoms with E-state index in [4.69, 9.17) is 28.9 Å². The number of aliphatic hydroxyl groups excluding tert-OH is 2. The molecular formula is C46H65N3O9. The number of hydrogen-bond donors (Lipinski definition) is 3. The summed E-state index contributed by atoms with van der Waals surface area (Å²) in [5, 5.41) is 27.3. The molecule has 0 aromatic heterocycles. The summed E-state index contributed by atoms with van der Waals surface area (Å²) >= 11 is 0. The van der Waals surface area contributed by atoms with Crippen LogP contribution >= 0.6 is 0 Å². The van der Waals surface area contributed by atoms with Gasteiger partial charge in [-0.2, -0.15) is 0 Å². The minimum absolute atomic E-state index is 0.0232. The van der Waals surface area contributed by atoms with E-state index in [1.807, 2.05) is 77.1 Å². The predicted molar refractivity (Wildman–Crippen MR) is 224 cm³/mol. The number of unbranched alkanes of at least 4 members (excludes halogenated alkanes) is 2. The Kier molecular flexibility index (Phi) is 16.2. The first-order valence-electron chi connectivity index (χ1n) is 21.1. The number of hydrogen-bond acceptors (Lipinski definition) is 10. The third kappa shape index (κ3) is 10.8. The molecule has 3 aliphatic rings. The van der Waals surface area contributed by atoms with Gasteiger partial charge in [0.25, 0.3) is 0 Å². The van der Waals surface area contributed by atoms with Gasteiger partial charge in [-0.1, -0.05) is 88.2 Å². The fourth-order valence-corrected chi connectivity index (χ4v) is 8.74. The number of fused-ring (bicyclic) bond motifs is 2. The first-order valence-corrected chi connectivity index (χ1v) is 21.1. The van der Waals surface area contributed by atoms with Gasteiger partial charge in [-0.05, 0) is 85.6 Å². The van der Waals surface area contributed by atoms with Crippen LogP contribution in [0.2, 0.25) is 0 Å². The zero-order valence-electron chi connectivity index (χ0n) is 35.1. The van der Waals surface area contributed by atoms with Crippen LogP contribution < -0.4 is 14.8 Å². The molecule has 0 unspecified atom stereocenters. The molecule has 0 saturated heterocycles. The molecule has 0 radical (unpaired) electrons. The van der Waals surface area contributed by atoms with Crippen molar-refractivity contribution in [3.05, 3.63) is 84.0 Å². The number of nitrogens with one attached hydrogen (secondary N) is 1. The lowest BCUT2D eigenvalue weighted by Gasteiger charge is -2.60. The van der Waals surface area contributed by atoms with Crippen molar-refractivity contribution in [3.63, 3.8) is 0 Å². The maximum atomic E-state index is 14.3. The Morgan fingerprint density at radius 2 is 1.79 bits per heavy atom. The van der Waals surface area contributed by atoms with Crippen molar-refractivity contribution in [3.8, 4) is 11.5 Å². The number of ether oxygens (including phenoxy) is 4. The third-order valence-electron chi connectivity index (χ3n) is 11.1. The van der Waals surface area contributed by atoms with Crippen molar-refractivity contribution in [1.82, 2.24) is 10.2 Å². The van der Waals surface area contributed by atoms with Crippen molar-refractivity contribution >= 4 is 17.9 Å². The second kappa shape index (κ2) is 21.0. The lowest BCUT2D eigenvalue weighted by Crippen LogP contribution is -2.70. The molecule has 5 rings (SSSR count). The number of aliphatic hydroxyl groups is 2. The van der Waals surface area contributed by atoms with Crippen molar-refractivity contribution < 1.29 is 43.6 Å². The van der Waals surface area contributed by atoms with E-state index in [0.29, 0.717) is 56.2 Å². The molecule has 12 nitrogen and oxygen atoms in total. The average Bonchev–Trinajstić information content (AvgIpc) is 3.21. The Labute approximate surface area is 344 Å². The standard InChI is InChI=1S/C46H65N3O9/c1-7-23-49(44(53)54-31-45(4,5)6)40-29-38(48-56-9-3)36-27-33(19-13-15-24-50)35(20-14-16-25-51)41-37-28-34(57-43(52)47-30-32-17-11-10-12-18-32)21-22-39(37)58-46(40,42(36)41)55-26-8-2/h8,10-12,17-18,21-22,27-28,33,35,40-42,50-51H,2,7,9,13-16,19-20,23-26,29-31H2,1,3-6H3,(H,47,52)/t33-,35+,40-,41+,42+,46+/m0/s1.